The Kier molecular flexibility index (Phi) is 5.28. The van der Waals surface area contributed by atoms with Crippen LogP contribution >= 0.6 is 15.9 Å². The monoisotopic (exact) mass is 325 g/mol. The molecule has 2 nitrogen and oxygen atoms in total. The molecule has 106 valence electrons. The number of halogens is 1. The number of ether oxygens (including phenoxy) is 1. The molecule has 1 aliphatic rings. The Hall–Kier alpha value is -0.540. The van der Waals surface area contributed by atoms with Crippen LogP contribution in [0.3, 0.4) is 0 Å². The van der Waals surface area contributed by atoms with Crippen molar-refractivity contribution in [2.75, 3.05) is 13.2 Å². The summed E-state index contributed by atoms with van der Waals surface area (Å²) in [7, 11) is 0. The summed E-state index contributed by atoms with van der Waals surface area (Å²) in [4.78, 5) is 0. The van der Waals surface area contributed by atoms with Gasteiger partial charge in [-0.3, -0.25) is 0 Å². The summed E-state index contributed by atoms with van der Waals surface area (Å²) < 4.78 is 6.78. The second-order valence-corrected chi connectivity index (χ2v) is 6.30. The summed E-state index contributed by atoms with van der Waals surface area (Å²) >= 11 is 3.63. The summed E-state index contributed by atoms with van der Waals surface area (Å²) in [5, 5.41) is 3.62. The highest BCUT2D eigenvalue weighted by atomic mass is 79.9. The van der Waals surface area contributed by atoms with Crippen molar-refractivity contribution in [1.29, 1.82) is 0 Å². The minimum atomic E-state index is 0.483. The molecule has 2 rings (SSSR count). The molecule has 0 bridgehead atoms. The van der Waals surface area contributed by atoms with Gasteiger partial charge < -0.3 is 10.1 Å². The van der Waals surface area contributed by atoms with Crippen LogP contribution in [0, 0.1) is 11.8 Å². The summed E-state index contributed by atoms with van der Waals surface area (Å²) in [6.07, 6.45) is 2.37. The summed E-state index contributed by atoms with van der Waals surface area (Å²) in [5.41, 5.74) is 1.37. The maximum atomic E-state index is 5.71. The third-order valence-electron chi connectivity index (χ3n) is 3.80. The van der Waals surface area contributed by atoms with Gasteiger partial charge in [0.25, 0.3) is 0 Å². The lowest BCUT2D eigenvalue weighted by molar-refractivity contribution is 0.315. The van der Waals surface area contributed by atoms with Crippen LogP contribution in [0.15, 0.2) is 22.7 Å². The van der Waals surface area contributed by atoms with E-state index >= 15 is 0 Å². The second kappa shape index (κ2) is 6.76. The largest absolute Gasteiger partial charge is 0.492 e. The minimum Gasteiger partial charge on any atom is -0.492 e. The van der Waals surface area contributed by atoms with Gasteiger partial charge in [-0.05, 0) is 64.8 Å². The number of rotatable bonds is 7. The van der Waals surface area contributed by atoms with Crippen LogP contribution in [-0.4, -0.2) is 13.2 Å². The molecule has 0 spiro atoms. The van der Waals surface area contributed by atoms with E-state index in [1.165, 1.54) is 12.0 Å². The Bertz CT molecular complexity index is 421. The van der Waals surface area contributed by atoms with Gasteiger partial charge in [-0.2, -0.15) is 0 Å². The summed E-state index contributed by atoms with van der Waals surface area (Å²) in [5.74, 6) is 2.58. The molecule has 1 N–H and O–H groups in total. The first-order valence-electron chi connectivity index (χ1n) is 7.33. The molecular formula is C16H24BrNO. The van der Waals surface area contributed by atoms with Gasteiger partial charge in [0, 0.05) is 6.04 Å². The molecule has 3 unspecified atom stereocenters. The summed E-state index contributed by atoms with van der Waals surface area (Å²) in [6.45, 7) is 8.42. The van der Waals surface area contributed by atoms with Crippen molar-refractivity contribution in [1.82, 2.24) is 5.32 Å². The zero-order valence-corrected chi connectivity index (χ0v) is 13.7. The lowest BCUT2D eigenvalue weighted by atomic mass is 10.0. The fourth-order valence-corrected chi connectivity index (χ4v) is 3.10. The predicted molar refractivity (Wildman–Crippen MR) is 83.6 cm³/mol. The first-order chi connectivity index (χ1) is 9.17. The van der Waals surface area contributed by atoms with Crippen molar-refractivity contribution < 1.29 is 4.74 Å². The number of benzene rings is 1. The molecule has 1 fully saturated rings. The van der Waals surface area contributed by atoms with E-state index in [0.29, 0.717) is 6.04 Å². The molecule has 1 saturated carbocycles. The Morgan fingerprint density at radius 1 is 1.42 bits per heavy atom. The number of hydrogen-bond acceptors (Lipinski definition) is 2. The van der Waals surface area contributed by atoms with Crippen LogP contribution < -0.4 is 10.1 Å². The average molecular weight is 326 g/mol. The highest BCUT2D eigenvalue weighted by Gasteiger charge is 2.39. The van der Waals surface area contributed by atoms with Crippen LogP contribution in [0.2, 0.25) is 0 Å². The SMILES string of the molecule is CCCOc1ccc(C(NCC)C2CC2C)cc1Br. The van der Waals surface area contributed by atoms with E-state index in [1.807, 2.05) is 0 Å². The van der Waals surface area contributed by atoms with E-state index in [1.54, 1.807) is 0 Å². The average Bonchev–Trinajstić information content (AvgIpc) is 3.11. The molecule has 1 aliphatic carbocycles. The lowest BCUT2D eigenvalue weighted by Gasteiger charge is -2.19. The molecule has 1 aromatic rings. The Balaban J connectivity index is 2.12. The third kappa shape index (κ3) is 3.73. The predicted octanol–water partition coefficient (Wildman–Crippen LogP) is 4.54. The van der Waals surface area contributed by atoms with Crippen LogP contribution in [0.1, 0.15) is 45.2 Å². The molecule has 0 aromatic heterocycles. The molecule has 0 aliphatic heterocycles. The number of hydrogen-bond donors (Lipinski definition) is 1. The van der Waals surface area contributed by atoms with Gasteiger partial charge in [0.2, 0.25) is 0 Å². The molecule has 3 atom stereocenters. The van der Waals surface area contributed by atoms with Crippen LogP contribution in [0.25, 0.3) is 0 Å². The van der Waals surface area contributed by atoms with Crippen molar-refractivity contribution in [2.45, 2.75) is 39.7 Å². The fourth-order valence-electron chi connectivity index (χ4n) is 2.59. The molecule has 1 aromatic carbocycles. The first kappa shape index (κ1) is 14.9. The standard InChI is InChI=1S/C16H24BrNO/c1-4-8-19-15-7-6-12(10-14(15)17)16(18-5-2)13-9-11(13)3/h6-7,10-11,13,16,18H,4-5,8-9H2,1-3H3. The zero-order valence-electron chi connectivity index (χ0n) is 12.1. The number of nitrogens with one attached hydrogen (secondary N) is 1. The van der Waals surface area contributed by atoms with Crippen LogP contribution in [-0.2, 0) is 0 Å². The Morgan fingerprint density at radius 2 is 2.16 bits per heavy atom. The molecule has 0 amide bonds. The van der Waals surface area contributed by atoms with Crippen molar-refractivity contribution in [2.24, 2.45) is 11.8 Å². The normalized spacial score (nSPS) is 23.2. The molecular weight excluding hydrogens is 302 g/mol. The second-order valence-electron chi connectivity index (χ2n) is 5.45. The minimum absolute atomic E-state index is 0.483. The molecule has 19 heavy (non-hydrogen) atoms. The van der Waals surface area contributed by atoms with E-state index in [0.717, 1.165) is 41.6 Å². The van der Waals surface area contributed by atoms with E-state index in [-0.39, 0.29) is 0 Å². The highest BCUT2D eigenvalue weighted by Crippen LogP contribution is 2.47. The first-order valence-corrected chi connectivity index (χ1v) is 8.12. The van der Waals surface area contributed by atoms with Crippen molar-refractivity contribution in [3.8, 4) is 5.75 Å². The van der Waals surface area contributed by atoms with Gasteiger partial charge in [0.1, 0.15) is 5.75 Å². The van der Waals surface area contributed by atoms with Crippen molar-refractivity contribution in [3.63, 3.8) is 0 Å². The molecule has 3 heteroatoms. The lowest BCUT2D eigenvalue weighted by Crippen LogP contribution is -2.23. The highest BCUT2D eigenvalue weighted by molar-refractivity contribution is 9.10. The zero-order chi connectivity index (χ0) is 13.8. The maximum absolute atomic E-state index is 5.71. The van der Waals surface area contributed by atoms with Gasteiger partial charge in [-0.15, -0.1) is 0 Å². The van der Waals surface area contributed by atoms with Gasteiger partial charge in [0.05, 0.1) is 11.1 Å². The van der Waals surface area contributed by atoms with Gasteiger partial charge in [-0.25, -0.2) is 0 Å². The molecule has 0 saturated heterocycles. The Morgan fingerprint density at radius 3 is 2.68 bits per heavy atom. The van der Waals surface area contributed by atoms with E-state index in [9.17, 15) is 0 Å². The van der Waals surface area contributed by atoms with Gasteiger partial charge >= 0.3 is 0 Å². The summed E-state index contributed by atoms with van der Waals surface area (Å²) in [6, 6.07) is 6.99. The van der Waals surface area contributed by atoms with E-state index in [2.05, 4.69) is 60.2 Å². The third-order valence-corrected chi connectivity index (χ3v) is 4.42. The maximum Gasteiger partial charge on any atom is 0.133 e. The fraction of sp³-hybridized carbons (Fsp3) is 0.625. The smallest absolute Gasteiger partial charge is 0.133 e. The van der Waals surface area contributed by atoms with Crippen LogP contribution in [0.4, 0.5) is 0 Å². The topological polar surface area (TPSA) is 21.3 Å². The van der Waals surface area contributed by atoms with E-state index < -0.39 is 0 Å². The van der Waals surface area contributed by atoms with Crippen LogP contribution in [0.5, 0.6) is 5.75 Å². The quantitative estimate of drug-likeness (QED) is 0.794. The molecule has 0 radical (unpaired) electrons. The van der Waals surface area contributed by atoms with Gasteiger partial charge in [-0.1, -0.05) is 26.8 Å². The Labute approximate surface area is 125 Å². The van der Waals surface area contributed by atoms with E-state index in [4.69, 9.17) is 4.74 Å². The van der Waals surface area contributed by atoms with Crippen molar-refractivity contribution in [3.05, 3.63) is 28.2 Å². The van der Waals surface area contributed by atoms with Crippen molar-refractivity contribution >= 4 is 15.9 Å². The molecule has 0 heterocycles. The van der Waals surface area contributed by atoms with Gasteiger partial charge in [0.15, 0.2) is 0 Å².